The Labute approximate surface area is 81.8 Å². The van der Waals surface area contributed by atoms with Crippen molar-refractivity contribution in [3.63, 3.8) is 0 Å². The number of nitrogens with one attached hydrogen (secondary N) is 2. The van der Waals surface area contributed by atoms with Crippen molar-refractivity contribution in [2.45, 2.75) is 6.54 Å². The van der Waals surface area contributed by atoms with Crippen molar-refractivity contribution in [2.24, 2.45) is 0 Å². The van der Waals surface area contributed by atoms with Crippen LogP contribution in [0.1, 0.15) is 5.69 Å². The van der Waals surface area contributed by atoms with E-state index in [1.807, 2.05) is 18.3 Å². The molecule has 0 unspecified atom stereocenters. The van der Waals surface area contributed by atoms with Gasteiger partial charge in [0, 0.05) is 11.9 Å². The molecule has 2 N–H and O–H groups in total. The van der Waals surface area contributed by atoms with Gasteiger partial charge in [-0.3, -0.25) is 0 Å². The average Bonchev–Trinajstić information content (AvgIpc) is 2.69. The van der Waals surface area contributed by atoms with E-state index in [4.69, 9.17) is 0 Å². The molecule has 0 fully saturated rings. The number of hydrogen-bond acceptors (Lipinski definition) is 1. The van der Waals surface area contributed by atoms with E-state index in [9.17, 15) is 4.39 Å². The van der Waals surface area contributed by atoms with E-state index in [-0.39, 0.29) is 5.82 Å². The molecule has 72 valence electrons. The normalized spacial score (nSPS) is 10.1. The zero-order valence-electron chi connectivity index (χ0n) is 7.63. The maximum Gasteiger partial charge on any atom is 0.146 e. The maximum absolute atomic E-state index is 13.1. The van der Waals surface area contributed by atoms with Gasteiger partial charge in [-0.05, 0) is 24.3 Å². The number of halogens is 1. The van der Waals surface area contributed by atoms with Gasteiger partial charge < -0.3 is 10.3 Å². The maximum atomic E-state index is 13.1. The summed E-state index contributed by atoms with van der Waals surface area (Å²) in [6, 6.07) is 10.5. The van der Waals surface area contributed by atoms with E-state index in [2.05, 4.69) is 10.3 Å². The fraction of sp³-hybridized carbons (Fsp3) is 0.0909. The lowest BCUT2D eigenvalue weighted by Crippen LogP contribution is -2.01. The molecule has 3 heteroatoms. The molecule has 0 amide bonds. The van der Waals surface area contributed by atoms with Gasteiger partial charge in [0.2, 0.25) is 0 Å². The minimum Gasteiger partial charge on any atom is -0.377 e. The first-order valence-corrected chi connectivity index (χ1v) is 4.47. The van der Waals surface area contributed by atoms with E-state index < -0.39 is 0 Å². The second kappa shape index (κ2) is 3.96. The molecule has 0 aliphatic heterocycles. The average molecular weight is 190 g/mol. The largest absolute Gasteiger partial charge is 0.377 e. The monoisotopic (exact) mass is 190 g/mol. The van der Waals surface area contributed by atoms with Crippen molar-refractivity contribution in [1.82, 2.24) is 4.98 Å². The molecule has 0 saturated heterocycles. The van der Waals surface area contributed by atoms with Gasteiger partial charge >= 0.3 is 0 Å². The van der Waals surface area contributed by atoms with Gasteiger partial charge in [-0.1, -0.05) is 12.1 Å². The van der Waals surface area contributed by atoms with Gasteiger partial charge in [0.15, 0.2) is 0 Å². The highest BCUT2D eigenvalue weighted by Crippen LogP contribution is 2.13. The van der Waals surface area contributed by atoms with Crippen molar-refractivity contribution < 1.29 is 4.39 Å². The molecule has 0 saturated carbocycles. The van der Waals surface area contributed by atoms with Crippen LogP contribution in [0, 0.1) is 5.82 Å². The Morgan fingerprint density at radius 2 is 2.00 bits per heavy atom. The summed E-state index contributed by atoms with van der Waals surface area (Å²) in [6.45, 7) is 0.605. The van der Waals surface area contributed by atoms with Crippen molar-refractivity contribution >= 4 is 5.69 Å². The van der Waals surface area contributed by atoms with Crippen LogP contribution in [0.5, 0.6) is 0 Å². The zero-order valence-corrected chi connectivity index (χ0v) is 7.63. The molecule has 2 aromatic rings. The molecule has 1 heterocycles. The topological polar surface area (TPSA) is 27.8 Å². The molecule has 0 radical (unpaired) electrons. The number of rotatable bonds is 3. The Morgan fingerprint density at radius 3 is 2.71 bits per heavy atom. The van der Waals surface area contributed by atoms with Gasteiger partial charge in [0.05, 0.1) is 12.2 Å². The fourth-order valence-electron chi connectivity index (χ4n) is 1.27. The molecule has 1 aromatic carbocycles. The van der Waals surface area contributed by atoms with Crippen LogP contribution in [-0.4, -0.2) is 4.98 Å². The van der Waals surface area contributed by atoms with Crippen molar-refractivity contribution in [2.75, 3.05) is 5.32 Å². The zero-order chi connectivity index (χ0) is 9.80. The lowest BCUT2D eigenvalue weighted by molar-refractivity contribution is 0.630. The Morgan fingerprint density at radius 1 is 1.14 bits per heavy atom. The number of para-hydroxylation sites is 1. The SMILES string of the molecule is Fc1ccccc1NCc1ccc[nH]1. The third kappa shape index (κ3) is 1.93. The number of aromatic amines is 1. The van der Waals surface area contributed by atoms with E-state index >= 15 is 0 Å². The van der Waals surface area contributed by atoms with Crippen LogP contribution in [0.25, 0.3) is 0 Å². The molecule has 0 bridgehead atoms. The van der Waals surface area contributed by atoms with Crippen LogP contribution >= 0.6 is 0 Å². The summed E-state index contributed by atoms with van der Waals surface area (Å²) in [7, 11) is 0. The van der Waals surface area contributed by atoms with Crippen LogP contribution in [0.2, 0.25) is 0 Å². The quantitative estimate of drug-likeness (QED) is 0.765. The van der Waals surface area contributed by atoms with E-state index in [0.717, 1.165) is 5.69 Å². The van der Waals surface area contributed by atoms with E-state index in [1.54, 1.807) is 18.2 Å². The lowest BCUT2D eigenvalue weighted by Gasteiger charge is -2.05. The second-order valence-corrected chi connectivity index (χ2v) is 3.03. The van der Waals surface area contributed by atoms with Crippen LogP contribution in [0.15, 0.2) is 42.6 Å². The Bertz CT molecular complexity index is 395. The number of anilines is 1. The molecule has 2 nitrogen and oxygen atoms in total. The highest BCUT2D eigenvalue weighted by Gasteiger charge is 1.99. The smallest absolute Gasteiger partial charge is 0.146 e. The molecule has 2 rings (SSSR count). The molecular formula is C11H11FN2. The predicted octanol–water partition coefficient (Wildman–Crippen LogP) is 2.77. The highest BCUT2D eigenvalue weighted by molar-refractivity contribution is 5.44. The van der Waals surface area contributed by atoms with Crippen molar-refractivity contribution in [3.8, 4) is 0 Å². The van der Waals surface area contributed by atoms with E-state index in [0.29, 0.717) is 12.2 Å². The predicted molar refractivity (Wildman–Crippen MR) is 54.5 cm³/mol. The number of benzene rings is 1. The summed E-state index contributed by atoms with van der Waals surface area (Å²) in [6.07, 6.45) is 1.85. The molecular weight excluding hydrogens is 179 g/mol. The summed E-state index contributed by atoms with van der Waals surface area (Å²) < 4.78 is 13.1. The molecule has 0 spiro atoms. The first kappa shape index (κ1) is 8.81. The molecule has 1 aromatic heterocycles. The Kier molecular flexibility index (Phi) is 2.49. The van der Waals surface area contributed by atoms with Crippen LogP contribution in [0.3, 0.4) is 0 Å². The summed E-state index contributed by atoms with van der Waals surface area (Å²) in [5.74, 6) is -0.223. The minimum absolute atomic E-state index is 0.223. The van der Waals surface area contributed by atoms with Gasteiger partial charge in [-0.25, -0.2) is 4.39 Å². The van der Waals surface area contributed by atoms with Gasteiger partial charge in [0.25, 0.3) is 0 Å². The Hall–Kier alpha value is -1.77. The first-order valence-electron chi connectivity index (χ1n) is 4.47. The minimum atomic E-state index is -0.223. The molecule has 14 heavy (non-hydrogen) atoms. The highest BCUT2D eigenvalue weighted by atomic mass is 19.1. The molecule has 0 atom stereocenters. The second-order valence-electron chi connectivity index (χ2n) is 3.03. The van der Waals surface area contributed by atoms with Gasteiger partial charge in [-0.15, -0.1) is 0 Å². The van der Waals surface area contributed by atoms with Crippen molar-refractivity contribution in [3.05, 3.63) is 54.1 Å². The number of hydrogen-bond donors (Lipinski definition) is 2. The third-order valence-corrected chi connectivity index (χ3v) is 2.01. The van der Waals surface area contributed by atoms with Gasteiger partial charge in [-0.2, -0.15) is 0 Å². The van der Waals surface area contributed by atoms with Crippen LogP contribution < -0.4 is 5.32 Å². The number of H-pyrrole nitrogens is 1. The molecule has 0 aliphatic rings. The first-order chi connectivity index (χ1) is 6.86. The van der Waals surface area contributed by atoms with Crippen molar-refractivity contribution in [1.29, 1.82) is 0 Å². The van der Waals surface area contributed by atoms with Gasteiger partial charge in [0.1, 0.15) is 5.82 Å². The Balaban J connectivity index is 2.02. The summed E-state index contributed by atoms with van der Waals surface area (Å²) >= 11 is 0. The summed E-state index contributed by atoms with van der Waals surface area (Å²) in [4.78, 5) is 3.04. The lowest BCUT2D eigenvalue weighted by atomic mass is 10.3. The molecule has 0 aliphatic carbocycles. The van der Waals surface area contributed by atoms with Crippen LogP contribution in [-0.2, 0) is 6.54 Å². The summed E-state index contributed by atoms with van der Waals surface area (Å²) in [5, 5.41) is 3.01. The number of aromatic nitrogens is 1. The van der Waals surface area contributed by atoms with E-state index in [1.165, 1.54) is 6.07 Å². The van der Waals surface area contributed by atoms with Crippen LogP contribution in [0.4, 0.5) is 10.1 Å². The fourth-order valence-corrected chi connectivity index (χ4v) is 1.27. The summed E-state index contributed by atoms with van der Waals surface area (Å²) in [5.41, 5.74) is 1.57. The standard InChI is InChI=1S/C11H11FN2/c12-10-5-1-2-6-11(10)14-8-9-4-3-7-13-9/h1-7,13-14H,8H2. The third-order valence-electron chi connectivity index (χ3n) is 2.01.